The third-order valence-electron chi connectivity index (χ3n) is 1.92. The summed E-state index contributed by atoms with van der Waals surface area (Å²) in [6.07, 6.45) is 1.83. The molecule has 1 atom stereocenters. The number of nitrogens with zero attached hydrogens (tertiary/aromatic N) is 2. The van der Waals surface area contributed by atoms with Crippen molar-refractivity contribution in [1.29, 1.82) is 5.26 Å². The lowest BCUT2D eigenvalue weighted by molar-refractivity contribution is 0.178. The van der Waals surface area contributed by atoms with E-state index in [0.717, 1.165) is 25.9 Å². The summed E-state index contributed by atoms with van der Waals surface area (Å²) in [7, 11) is -4.17. The molecule has 1 unspecified atom stereocenters. The van der Waals surface area contributed by atoms with Crippen molar-refractivity contribution >= 4 is 34.0 Å². The quantitative estimate of drug-likeness (QED) is 0.280. The van der Waals surface area contributed by atoms with Crippen LogP contribution in [0.4, 0.5) is 0 Å². The molecule has 114 valence electrons. The maximum atomic E-state index is 11.1. The van der Waals surface area contributed by atoms with E-state index in [2.05, 4.69) is 7.81 Å². The Kier molecular flexibility index (Phi) is 13.1. The molecule has 0 saturated heterocycles. The first-order chi connectivity index (χ1) is 8.46. The number of thiocyanates is 1. The smallest absolute Gasteiger partial charge is 0.344 e. The van der Waals surface area contributed by atoms with Gasteiger partial charge in [0.15, 0.2) is 5.40 Å². The maximum Gasteiger partial charge on any atom is 0.411 e. The summed E-state index contributed by atoms with van der Waals surface area (Å²) in [5, 5.41) is 9.64. The molecular weight excluding hydrogens is 314 g/mol. The topological polar surface area (TPSA) is 115 Å². The zero-order valence-electron chi connectivity index (χ0n) is 11.0. The molecule has 0 rings (SSSR count). The van der Waals surface area contributed by atoms with E-state index in [1.54, 1.807) is 0 Å². The summed E-state index contributed by atoms with van der Waals surface area (Å²) in [5.74, 6) is 0. The summed E-state index contributed by atoms with van der Waals surface area (Å²) in [6.45, 7) is 5.33. The Balaban J connectivity index is 0. The van der Waals surface area contributed by atoms with Gasteiger partial charge in [-0.1, -0.05) is 13.8 Å². The second-order valence-electron chi connectivity index (χ2n) is 3.41. The first-order valence-corrected chi connectivity index (χ1v) is 7.99. The minimum atomic E-state index is -4.17. The van der Waals surface area contributed by atoms with Gasteiger partial charge in [0.25, 0.3) is 0 Å². The Bertz CT molecular complexity index is 355. The van der Waals surface area contributed by atoms with E-state index in [1.807, 2.05) is 18.7 Å². The molecule has 0 aliphatic heterocycles. The van der Waals surface area contributed by atoms with Crippen molar-refractivity contribution in [2.24, 2.45) is 0 Å². The third kappa shape index (κ3) is 10.4. The van der Waals surface area contributed by atoms with Crippen LogP contribution in [0.2, 0.25) is 0 Å². The van der Waals surface area contributed by atoms with Gasteiger partial charge in [-0.2, -0.15) is 17.3 Å². The Hall–Kier alpha value is -0.0800. The first kappa shape index (κ1) is 21.2. The molecule has 0 radical (unpaired) electrons. The van der Waals surface area contributed by atoms with Crippen LogP contribution in [0.15, 0.2) is 0 Å². The molecule has 0 aromatic heterocycles. The van der Waals surface area contributed by atoms with E-state index >= 15 is 0 Å². The van der Waals surface area contributed by atoms with Crippen molar-refractivity contribution in [3.05, 3.63) is 0 Å². The molecule has 0 fully saturated rings. The summed E-state index contributed by atoms with van der Waals surface area (Å²) in [5.41, 5.74) is -0.546. The van der Waals surface area contributed by atoms with Crippen molar-refractivity contribution in [2.45, 2.75) is 32.2 Å². The molecule has 0 heterocycles. The van der Waals surface area contributed by atoms with E-state index < -0.39 is 15.9 Å². The second kappa shape index (κ2) is 11.7. The van der Waals surface area contributed by atoms with Crippen LogP contribution in [0, 0.1) is 10.7 Å². The number of hydrogen-bond donors (Lipinski definition) is 1. The SMILES string of the molecule is CCCN(CCC)C(Cl)COS(=O)(=O)OSC#N.N. The molecule has 3 N–H and O–H groups in total. The van der Waals surface area contributed by atoms with Crippen LogP contribution >= 0.6 is 23.6 Å². The van der Waals surface area contributed by atoms with Gasteiger partial charge in [0, 0.05) is 0 Å². The average molecular weight is 334 g/mol. The Morgan fingerprint density at radius 3 is 2.32 bits per heavy atom. The first-order valence-electron chi connectivity index (χ1n) is 5.48. The molecule has 0 amide bonds. The van der Waals surface area contributed by atoms with Gasteiger partial charge in [-0.05, 0) is 25.9 Å². The molecule has 0 aliphatic carbocycles. The summed E-state index contributed by atoms with van der Waals surface area (Å²) in [6, 6.07) is 0. The van der Waals surface area contributed by atoms with Crippen molar-refractivity contribution in [3.8, 4) is 5.40 Å². The van der Waals surface area contributed by atoms with Gasteiger partial charge in [0.2, 0.25) is 0 Å². The van der Waals surface area contributed by atoms with Crippen LogP contribution in [-0.4, -0.2) is 38.5 Å². The zero-order chi connectivity index (χ0) is 14.0. The molecular formula is C9H20ClN3O4S2. The van der Waals surface area contributed by atoms with E-state index in [-0.39, 0.29) is 24.8 Å². The van der Waals surface area contributed by atoms with Gasteiger partial charge in [-0.25, -0.2) is 4.18 Å². The molecule has 0 aromatic rings. The highest BCUT2D eigenvalue weighted by molar-refractivity contribution is 8.06. The number of hydrogen-bond acceptors (Lipinski definition) is 8. The molecule has 0 bridgehead atoms. The van der Waals surface area contributed by atoms with Gasteiger partial charge in [0.05, 0.1) is 6.61 Å². The highest BCUT2D eigenvalue weighted by Gasteiger charge is 2.20. The minimum Gasteiger partial charge on any atom is -0.344 e. The van der Waals surface area contributed by atoms with Crippen molar-refractivity contribution in [2.75, 3.05) is 19.7 Å². The lowest BCUT2D eigenvalue weighted by atomic mass is 10.3. The largest absolute Gasteiger partial charge is 0.411 e. The highest BCUT2D eigenvalue weighted by Crippen LogP contribution is 2.12. The van der Waals surface area contributed by atoms with Gasteiger partial charge in [-0.15, -0.1) is 11.6 Å². The lowest BCUT2D eigenvalue weighted by Crippen LogP contribution is -2.36. The highest BCUT2D eigenvalue weighted by atomic mass is 35.5. The van der Waals surface area contributed by atoms with Crippen LogP contribution in [0.25, 0.3) is 0 Å². The van der Waals surface area contributed by atoms with E-state index in [9.17, 15) is 8.42 Å². The predicted octanol–water partition coefficient (Wildman–Crippen LogP) is 2.24. The summed E-state index contributed by atoms with van der Waals surface area (Å²) < 4.78 is 31.0. The molecule has 0 saturated carbocycles. The zero-order valence-corrected chi connectivity index (χ0v) is 13.4. The molecule has 19 heavy (non-hydrogen) atoms. The predicted molar refractivity (Wildman–Crippen MR) is 76.0 cm³/mol. The van der Waals surface area contributed by atoms with Gasteiger partial charge in [0.1, 0.15) is 17.5 Å². The van der Waals surface area contributed by atoms with Crippen LogP contribution in [0.5, 0.6) is 0 Å². The molecule has 0 aromatic carbocycles. The average Bonchev–Trinajstić information content (AvgIpc) is 2.33. The number of nitriles is 1. The summed E-state index contributed by atoms with van der Waals surface area (Å²) >= 11 is 6.19. The van der Waals surface area contributed by atoms with E-state index in [0.29, 0.717) is 0 Å². The van der Waals surface area contributed by atoms with Crippen LogP contribution in [0.3, 0.4) is 0 Å². The molecule has 0 aliphatic rings. The standard InChI is InChI=1S/C9H17ClN2O4S2.H3N/c1-3-5-12(6-4-2)9(10)7-15-18(13,14)16-17-8-11;/h9H,3-7H2,1-2H3;1H3. The minimum absolute atomic E-state index is 0. The maximum absolute atomic E-state index is 11.1. The monoisotopic (exact) mass is 333 g/mol. The molecule has 7 nitrogen and oxygen atoms in total. The van der Waals surface area contributed by atoms with Crippen molar-refractivity contribution in [3.63, 3.8) is 0 Å². The fourth-order valence-electron chi connectivity index (χ4n) is 1.29. The van der Waals surface area contributed by atoms with Crippen molar-refractivity contribution < 1.29 is 16.2 Å². The Labute approximate surface area is 124 Å². The fraction of sp³-hybridized carbons (Fsp3) is 0.889. The normalized spacial score (nSPS) is 12.8. The molecule has 0 spiro atoms. The number of alkyl halides is 1. The fourth-order valence-corrected chi connectivity index (χ4v) is 2.53. The van der Waals surface area contributed by atoms with Crippen LogP contribution in [-0.2, 0) is 18.2 Å². The van der Waals surface area contributed by atoms with E-state index in [4.69, 9.17) is 16.9 Å². The van der Waals surface area contributed by atoms with E-state index in [1.165, 1.54) is 5.40 Å². The third-order valence-corrected chi connectivity index (χ3v) is 3.76. The molecule has 10 heteroatoms. The van der Waals surface area contributed by atoms with Crippen LogP contribution in [0.1, 0.15) is 26.7 Å². The van der Waals surface area contributed by atoms with Gasteiger partial charge < -0.3 is 6.15 Å². The Morgan fingerprint density at radius 1 is 1.37 bits per heavy atom. The summed E-state index contributed by atoms with van der Waals surface area (Å²) in [4.78, 5) is 1.93. The number of halogens is 1. The van der Waals surface area contributed by atoms with Crippen LogP contribution < -0.4 is 6.15 Å². The second-order valence-corrected chi connectivity index (χ2v) is 5.86. The Morgan fingerprint density at radius 2 is 1.89 bits per heavy atom. The van der Waals surface area contributed by atoms with Gasteiger partial charge in [-0.3, -0.25) is 4.90 Å². The number of rotatable bonds is 10. The lowest BCUT2D eigenvalue weighted by Gasteiger charge is -2.25. The van der Waals surface area contributed by atoms with Crippen molar-refractivity contribution in [1.82, 2.24) is 11.1 Å². The van der Waals surface area contributed by atoms with Gasteiger partial charge >= 0.3 is 10.4 Å².